The highest BCUT2D eigenvalue weighted by atomic mass is 16.5. The van der Waals surface area contributed by atoms with Crippen molar-refractivity contribution in [3.8, 4) is 0 Å². The number of nitrogens with one attached hydrogen (secondary N) is 1. The van der Waals surface area contributed by atoms with E-state index in [4.69, 9.17) is 9.84 Å². The van der Waals surface area contributed by atoms with Crippen LogP contribution in [0.15, 0.2) is 0 Å². The highest BCUT2D eigenvalue weighted by molar-refractivity contribution is 5.51. The molecule has 1 N–H and O–H groups in total. The second kappa shape index (κ2) is 7.59. The van der Waals surface area contributed by atoms with Crippen molar-refractivity contribution in [2.75, 3.05) is 31.2 Å². The van der Waals surface area contributed by atoms with Crippen LogP contribution in [0, 0.1) is 6.92 Å². The number of nitrogens with zero attached hydrogens (tertiary/aromatic N) is 6. The van der Waals surface area contributed by atoms with Gasteiger partial charge in [-0.05, 0) is 19.3 Å². The lowest BCUT2D eigenvalue weighted by atomic mass is 10.0. The normalized spacial score (nSPS) is 20.3. The van der Waals surface area contributed by atoms with Crippen molar-refractivity contribution in [3.05, 3.63) is 22.9 Å². The highest BCUT2D eigenvalue weighted by Crippen LogP contribution is 2.29. The van der Waals surface area contributed by atoms with Gasteiger partial charge in [-0.3, -0.25) is 4.68 Å². The molecule has 2 aromatic heterocycles. The number of aryl methyl sites for hydroxylation is 3. The summed E-state index contributed by atoms with van der Waals surface area (Å²) in [6.07, 6.45) is 2.08. The predicted molar refractivity (Wildman–Crippen MR) is 104 cm³/mol. The lowest BCUT2D eigenvalue weighted by molar-refractivity contribution is 0.122. The molecule has 1 unspecified atom stereocenters. The van der Waals surface area contributed by atoms with Gasteiger partial charge in [0, 0.05) is 44.7 Å². The Morgan fingerprint density at radius 3 is 2.74 bits per heavy atom. The van der Waals surface area contributed by atoms with E-state index in [0.29, 0.717) is 12.0 Å². The first-order valence-corrected chi connectivity index (χ1v) is 10.0. The standard InChI is InChI=1S/C19H31N7O/c1-13(2)18-16(19(24(4)23-18)25-7-9-27-10-8-25)11-20-15-5-6-17-21-14(3)22-26(17)12-15/h13,15,20H,5-12H2,1-4H3. The van der Waals surface area contributed by atoms with E-state index < -0.39 is 0 Å². The fourth-order valence-electron chi connectivity index (χ4n) is 4.23. The summed E-state index contributed by atoms with van der Waals surface area (Å²) in [5.74, 6) is 3.62. The van der Waals surface area contributed by atoms with Crippen LogP contribution in [-0.4, -0.2) is 56.9 Å². The molecule has 2 aromatic rings. The molecule has 0 amide bonds. The fourth-order valence-corrected chi connectivity index (χ4v) is 4.23. The van der Waals surface area contributed by atoms with E-state index in [1.165, 1.54) is 17.1 Å². The van der Waals surface area contributed by atoms with Gasteiger partial charge in [0.2, 0.25) is 0 Å². The van der Waals surface area contributed by atoms with E-state index >= 15 is 0 Å². The van der Waals surface area contributed by atoms with Gasteiger partial charge < -0.3 is 15.0 Å². The quantitative estimate of drug-likeness (QED) is 0.854. The molecule has 1 atom stereocenters. The third-order valence-corrected chi connectivity index (χ3v) is 5.53. The molecule has 0 spiro atoms. The third kappa shape index (κ3) is 3.73. The van der Waals surface area contributed by atoms with Gasteiger partial charge in [0.15, 0.2) is 0 Å². The SMILES string of the molecule is Cc1nc2n(n1)CC(NCc1c(C(C)C)nn(C)c1N1CCOCC1)CC2. The van der Waals surface area contributed by atoms with Crippen molar-refractivity contribution in [1.29, 1.82) is 0 Å². The van der Waals surface area contributed by atoms with Gasteiger partial charge in [-0.15, -0.1) is 0 Å². The maximum atomic E-state index is 5.54. The van der Waals surface area contributed by atoms with Crippen molar-refractivity contribution in [2.24, 2.45) is 7.05 Å². The van der Waals surface area contributed by atoms with Crippen molar-refractivity contribution in [1.82, 2.24) is 29.9 Å². The van der Waals surface area contributed by atoms with Gasteiger partial charge in [0.1, 0.15) is 17.5 Å². The fraction of sp³-hybridized carbons (Fsp3) is 0.737. The van der Waals surface area contributed by atoms with Crippen LogP contribution >= 0.6 is 0 Å². The van der Waals surface area contributed by atoms with Gasteiger partial charge in [-0.25, -0.2) is 9.67 Å². The number of rotatable bonds is 5. The zero-order valence-electron chi connectivity index (χ0n) is 16.9. The average molecular weight is 374 g/mol. The average Bonchev–Trinajstić information content (AvgIpc) is 3.19. The van der Waals surface area contributed by atoms with Gasteiger partial charge >= 0.3 is 0 Å². The van der Waals surface area contributed by atoms with Crippen molar-refractivity contribution >= 4 is 5.82 Å². The largest absolute Gasteiger partial charge is 0.378 e. The van der Waals surface area contributed by atoms with E-state index in [0.717, 1.165) is 63.9 Å². The maximum Gasteiger partial charge on any atom is 0.147 e. The third-order valence-electron chi connectivity index (χ3n) is 5.53. The molecule has 0 aliphatic carbocycles. The molecule has 27 heavy (non-hydrogen) atoms. The summed E-state index contributed by atoms with van der Waals surface area (Å²) in [7, 11) is 2.06. The first-order valence-electron chi connectivity index (χ1n) is 10.0. The summed E-state index contributed by atoms with van der Waals surface area (Å²) in [6.45, 7) is 11.6. The first-order chi connectivity index (χ1) is 13.0. The topological polar surface area (TPSA) is 73.0 Å². The molecule has 4 rings (SSSR count). The molecule has 0 radical (unpaired) electrons. The second-order valence-electron chi connectivity index (χ2n) is 7.94. The van der Waals surface area contributed by atoms with Gasteiger partial charge in [-0.2, -0.15) is 10.2 Å². The van der Waals surface area contributed by atoms with Crippen LogP contribution in [0.25, 0.3) is 0 Å². The lowest BCUT2D eigenvalue weighted by Gasteiger charge is -2.30. The Morgan fingerprint density at radius 2 is 2.00 bits per heavy atom. The van der Waals surface area contributed by atoms with E-state index in [1.54, 1.807) is 0 Å². The lowest BCUT2D eigenvalue weighted by Crippen LogP contribution is -2.40. The summed E-state index contributed by atoms with van der Waals surface area (Å²) < 4.78 is 9.66. The number of ether oxygens (including phenoxy) is 1. The van der Waals surface area contributed by atoms with Crippen LogP contribution in [0.2, 0.25) is 0 Å². The molecule has 1 fully saturated rings. The predicted octanol–water partition coefficient (Wildman–Crippen LogP) is 1.38. The molecule has 8 nitrogen and oxygen atoms in total. The van der Waals surface area contributed by atoms with Gasteiger partial charge in [0.25, 0.3) is 0 Å². The first kappa shape index (κ1) is 18.4. The number of hydrogen-bond donors (Lipinski definition) is 1. The Kier molecular flexibility index (Phi) is 5.19. The molecule has 148 valence electrons. The van der Waals surface area contributed by atoms with Crippen LogP contribution in [0.1, 0.15) is 49.1 Å². The summed E-state index contributed by atoms with van der Waals surface area (Å²) in [6, 6.07) is 0.413. The number of anilines is 1. The van der Waals surface area contributed by atoms with Crippen molar-refractivity contribution in [3.63, 3.8) is 0 Å². The Bertz CT molecular complexity index is 788. The molecule has 4 heterocycles. The van der Waals surface area contributed by atoms with Gasteiger partial charge in [0.05, 0.1) is 25.5 Å². The monoisotopic (exact) mass is 373 g/mol. The maximum absolute atomic E-state index is 5.54. The van der Waals surface area contributed by atoms with E-state index in [-0.39, 0.29) is 0 Å². The second-order valence-corrected chi connectivity index (χ2v) is 7.94. The molecule has 2 aliphatic heterocycles. The molecule has 2 aliphatic rings. The van der Waals surface area contributed by atoms with Crippen LogP contribution in [0.5, 0.6) is 0 Å². The minimum Gasteiger partial charge on any atom is -0.378 e. The molecule has 1 saturated heterocycles. The van der Waals surface area contributed by atoms with Crippen LogP contribution in [0.4, 0.5) is 5.82 Å². The summed E-state index contributed by atoms with van der Waals surface area (Å²) in [4.78, 5) is 6.93. The van der Waals surface area contributed by atoms with Crippen molar-refractivity contribution < 1.29 is 4.74 Å². The highest BCUT2D eigenvalue weighted by Gasteiger charge is 2.26. The van der Waals surface area contributed by atoms with E-state index in [9.17, 15) is 0 Å². The molecular weight excluding hydrogens is 342 g/mol. The summed E-state index contributed by atoms with van der Waals surface area (Å²) in [5, 5.41) is 13.2. The zero-order chi connectivity index (χ0) is 19.0. The Balaban J connectivity index is 1.52. The number of fused-ring (bicyclic) bond motifs is 1. The van der Waals surface area contributed by atoms with Gasteiger partial charge in [-0.1, -0.05) is 13.8 Å². The Hall–Kier alpha value is -1.93. The summed E-state index contributed by atoms with van der Waals surface area (Å²) >= 11 is 0. The molecular formula is C19H31N7O. The van der Waals surface area contributed by atoms with E-state index in [1.807, 2.05) is 6.92 Å². The number of hydrogen-bond acceptors (Lipinski definition) is 6. The molecule has 0 bridgehead atoms. The minimum absolute atomic E-state index is 0.402. The Labute approximate surface area is 160 Å². The van der Waals surface area contributed by atoms with E-state index in [2.05, 4.69) is 50.6 Å². The number of morpholine rings is 1. The smallest absolute Gasteiger partial charge is 0.147 e. The zero-order valence-corrected chi connectivity index (χ0v) is 16.9. The summed E-state index contributed by atoms with van der Waals surface area (Å²) in [5.41, 5.74) is 2.52. The van der Waals surface area contributed by atoms with Crippen LogP contribution in [0.3, 0.4) is 0 Å². The minimum atomic E-state index is 0.402. The molecule has 0 aromatic carbocycles. The molecule has 0 saturated carbocycles. The number of aromatic nitrogens is 5. The molecule has 8 heteroatoms. The van der Waals surface area contributed by atoms with Crippen molar-refractivity contribution in [2.45, 2.75) is 58.7 Å². The Morgan fingerprint density at radius 1 is 1.22 bits per heavy atom. The van der Waals surface area contributed by atoms with Crippen LogP contribution in [-0.2, 0) is 31.3 Å². The van der Waals surface area contributed by atoms with Crippen LogP contribution < -0.4 is 10.2 Å².